The Morgan fingerprint density at radius 1 is 0.556 bits per heavy atom. The van der Waals surface area contributed by atoms with Gasteiger partial charge in [-0.2, -0.15) is 0 Å². The standard InChI is InChI=1S/C20H36O15S/c1-2-36-20-17(30)14(27)11(24)8(35-20)5-32-19-16(29)13(26)10(23)7(34-19)4-31-18-15(28)12(25)9(22)6(3-21)33-18/h6-30H,2-5H2,1H3/t6-,7-,8-,9-,10-,11-,12+,13+,14+,15-,16-,17-,18-,19-,20-/m1/s1. The van der Waals surface area contributed by atoms with Gasteiger partial charge in [0.15, 0.2) is 12.6 Å². The van der Waals surface area contributed by atoms with Gasteiger partial charge < -0.3 is 74.7 Å². The van der Waals surface area contributed by atoms with Gasteiger partial charge in [-0.3, -0.25) is 0 Å². The summed E-state index contributed by atoms with van der Waals surface area (Å²) in [5, 5.41) is 100. The van der Waals surface area contributed by atoms with E-state index in [0.29, 0.717) is 5.75 Å². The van der Waals surface area contributed by atoms with Gasteiger partial charge >= 0.3 is 0 Å². The summed E-state index contributed by atoms with van der Waals surface area (Å²) in [6.07, 6.45) is -21.2. The zero-order valence-corrected chi connectivity index (χ0v) is 20.2. The molecule has 3 saturated heterocycles. The van der Waals surface area contributed by atoms with Gasteiger partial charge in [0.1, 0.15) is 78.7 Å². The Bertz CT molecular complexity index is 675. The molecule has 0 amide bonds. The van der Waals surface area contributed by atoms with Crippen LogP contribution in [-0.2, 0) is 23.7 Å². The molecule has 0 unspecified atom stereocenters. The van der Waals surface area contributed by atoms with Crippen LogP contribution in [0.2, 0.25) is 0 Å². The molecular weight excluding hydrogens is 512 g/mol. The van der Waals surface area contributed by atoms with Crippen LogP contribution < -0.4 is 0 Å². The first-order chi connectivity index (χ1) is 17.0. The number of hydrogen-bond acceptors (Lipinski definition) is 16. The molecule has 3 heterocycles. The van der Waals surface area contributed by atoms with Crippen LogP contribution in [0.5, 0.6) is 0 Å². The molecule has 0 radical (unpaired) electrons. The fraction of sp³-hybridized carbons (Fsp3) is 1.00. The van der Waals surface area contributed by atoms with Crippen molar-refractivity contribution in [2.75, 3.05) is 25.6 Å². The second-order valence-corrected chi connectivity index (χ2v) is 10.2. The van der Waals surface area contributed by atoms with Crippen molar-refractivity contribution in [1.29, 1.82) is 0 Å². The molecule has 16 heteroatoms. The molecule has 15 atom stereocenters. The van der Waals surface area contributed by atoms with Crippen LogP contribution in [0.25, 0.3) is 0 Å². The van der Waals surface area contributed by atoms with E-state index in [1.807, 2.05) is 6.92 Å². The van der Waals surface area contributed by atoms with Crippen LogP contribution in [0.1, 0.15) is 6.92 Å². The van der Waals surface area contributed by atoms with E-state index in [0.717, 1.165) is 0 Å². The number of hydrogen-bond donors (Lipinski definition) is 10. The van der Waals surface area contributed by atoms with Gasteiger partial charge in [-0.15, -0.1) is 11.8 Å². The molecule has 3 aliphatic rings. The lowest BCUT2D eigenvalue weighted by Gasteiger charge is -2.43. The number of aliphatic hydroxyl groups excluding tert-OH is 10. The Balaban J connectivity index is 1.59. The van der Waals surface area contributed by atoms with E-state index in [9.17, 15) is 51.1 Å². The lowest BCUT2D eigenvalue weighted by molar-refractivity contribution is -0.335. The third kappa shape index (κ3) is 6.48. The van der Waals surface area contributed by atoms with E-state index in [1.54, 1.807) is 0 Å². The van der Waals surface area contributed by atoms with E-state index in [1.165, 1.54) is 11.8 Å². The molecule has 15 nitrogen and oxygen atoms in total. The van der Waals surface area contributed by atoms with Gasteiger partial charge in [-0.05, 0) is 5.75 Å². The normalized spacial score (nSPS) is 50.2. The van der Waals surface area contributed by atoms with Crippen LogP contribution in [0.3, 0.4) is 0 Å². The third-order valence-corrected chi connectivity index (χ3v) is 7.42. The average Bonchev–Trinajstić information content (AvgIpc) is 2.87. The first kappa shape index (κ1) is 30.3. The van der Waals surface area contributed by atoms with Crippen LogP contribution in [0, 0.1) is 0 Å². The molecule has 0 aromatic carbocycles. The smallest absolute Gasteiger partial charge is 0.186 e. The van der Waals surface area contributed by atoms with E-state index >= 15 is 0 Å². The summed E-state index contributed by atoms with van der Waals surface area (Å²) in [6, 6.07) is 0. The van der Waals surface area contributed by atoms with Crippen molar-refractivity contribution in [3.8, 4) is 0 Å². The molecule has 0 aromatic heterocycles. The minimum atomic E-state index is -1.75. The molecular formula is C20H36O15S. The monoisotopic (exact) mass is 548 g/mol. The first-order valence-electron chi connectivity index (χ1n) is 11.6. The van der Waals surface area contributed by atoms with E-state index in [4.69, 9.17) is 23.7 Å². The fourth-order valence-corrected chi connectivity index (χ4v) is 5.04. The Kier molecular flexibility index (Phi) is 11.1. The van der Waals surface area contributed by atoms with E-state index in [2.05, 4.69) is 0 Å². The summed E-state index contributed by atoms with van der Waals surface area (Å²) in [4.78, 5) is 0. The van der Waals surface area contributed by atoms with Crippen molar-refractivity contribution in [1.82, 2.24) is 0 Å². The van der Waals surface area contributed by atoms with E-state index in [-0.39, 0.29) is 0 Å². The third-order valence-electron chi connectivity index (χ3n) is 6.37. The van der Waals surface area contributed by atoms with Gasteiger partial charge in [-0.25, -0.2) is 0 Å². The molecule has 10 N–H and O–H groups in total. The Morgan fingerprint density at radius 3 is 1.44 bits per heavy atom. The quantitative estimate of drug-likeness (QED) is 0.129. The maximum atomic E-state index is 10.3. The predicted molar refractivity (Wildman–Crippen MR) is 117 cm³/mol. The lowest BCUT2D eigenvalue weighted by Crippen LogP contribution is -2.62. The number of ether oxygens (including phenoxy) is 5. The molecule has 3 fully saturated rings. The van der Waals surface area contributed by atoms with Crippen molar-refractivity contribution in [3.05, 3.63) is 0 Å². The van der Waals surface area contributed by atoms with Gasteiger partial charge in [0.05, 0.1) is 19.8 Å². The summed E-state index contributed by atoms with van der Waals surface area (Å²) in [7, 11) is 0. The largest absolute Gasteiger partial charge is 0.394 e. The van der Waals surface area contributed by atoms with Gasteiger partial charge in [0, 0.05) is 0 Å². The molecule has 36 heavy (non-hydrogen) atoms. The first-order valence-corrected chi connectivity index (χ1v) is 12.6. The fourth-order valence-electron chi connectivity index (χ4n) is 4.13. The maximum Gasteiger partial charge on any atom is 0.186 e. The van der Waals surface area contributed by atoms with Crippen LogP contribution >= 0.6 is 11.8 Å². The van der Waals surface area contributed by atoms with Crippen LogP contribution in [0.15, 0.2) is 0 Å². The molecule has 0 bridgehead atoms. The van der Waals surface area contributed by atoms with Crippen molar-refractivity contribution in [2.45, 2.75) is 98.2 Å². The van der Waals surface area contributed by atoms with Crippen molar-refractivity contribution in [2.24, 2.45) is 0 Å². The average molecular weight is 549 g/mol. The summed E-state index contributed by atoms with van der Waals surface area (Å²) in [5.41, 5.74) is -0.841. The highest BCUT2D eigenvalue weighted by molar-refractivity contribution is 7.99. The molecule has 3 aliphatic heterocycles. The molecule has 0 aromatic rings. The number of thioether (sulfide) groups is 1. The topological polar surface area (TPSA) is 248 Å². The maximum absolute atomic E-state index is 10.3. The lowest BCUT2D eigenvalue weighted by atomic mass is 9.98. The minimum absolute atomic E-state index is 0.420. The number of rotatable bonds is 9. The summed E-state index contributed by atoms with van der Waals surface area (Å²) in [5.74, 6) is 0.558. The Labute approximate surface area is 210 Å². The van der Waals surface area contributed by atoms with Crippen molar-refractivity contribution in [3.63, 3.8) is 0 Å². The minimum Gasteiger partial charge on any atom is -0.394 e. The molecule has 0 aliphatic carbocycles. The van der Waals surface area contributed by atoms with Crippen LogP contribution in [-0.4, -0.2) is 168 Å². The second-order valence-electron chi connectivity index (χ2n) is 8.85. The summed E-state index contributed by atoms with van der Waals surface area (Å²) < 4.78 is 27.1. The highest BCUT2D eigenvalue weighted by Gasteiger charge is 2.49. The molecule has 0 saturated carbocycles. The highest BCUT2D eigenvalue weighted by atomic mass is 32.2. The van der Waals surface area contributed by atoms with Gasteiger partial charge in [0.2, 0.25) is 0 Å². The van der Waals surface area contributed by atoms with E-state index < -0.39 is 111 Å². The molecule has 212 valence electrons. The molecule has 3 rings (SSSR count). The van der Waals surface area contributed by atoms with Gasteiger partial charge in [0.25, 0.3) is 0 Å². The molecule has 0 spiro atoms. The highest BCUT2D eigenvalue weighted by Crippen LogP contribution is 2.30. The SMILES string of the molecule is CCS[C@H]1O[C@H](CO[C@@H]2O[C@H](CO[C@@H]3O[C@H](CO)[C@@H](O)[C@H](O)[C@H]3O)[C@@H](O)[C@H](O)[C@H]2O)[C@@H](O)[C@H](O)[C@H]1O. The van der Waals surface area contributed by atoms with Crippen LogP contribution in [0.4, 0.5) is 0 Å². The summed E-state index contributed by atoms with van der Waals surface area (Å²) in [6.45, 7) is 0.189. The zero-order chi connectivity index (χ0) is 26.7. The second kappa shape index (κ2) is 13.2. The Morgan fingerprint density at radius 2 is 0.972 bits per heavy atom. The van der Waals surface area contributed by atoms with Crippen molar-refractivity contribution >= 4 is 11.8 Å². The predicted octanol–water partition coefficient (Wildman–Crippen LogP) is -5.81. The summed E-state index contributed by atoms with van der Waals surface area (Å²) >= 11 is 1.20. The Hall–Kier alpha value is -0.250. The zero-order valence-electron chi connectivity index (χ0n) is 19.4. The number of aliphatic hydroxyl groups is 10. The van der Waals surface area contributed by atoms with Gasteiger partial charge in [-0.1, -0.05) is 6.92 Å². The van der Waals surface area contributed by atoms with Crippen molar-refractivity contribution < 1.29 is 74.7 Å².